The first kappa shape index (κ1) is 10.4. The average Bonchev–Trinajstić information content (AvgIpc) is 1.97. The van der Waals surface area contributed by atoms with Gasteiger partial charge in [0, 0.05) is 6.61 Å². The maximum Gasteiger partial charge on any atom is 0.246 e. The van der Waals surface area contributed by atoms with Gasteiger partial charge in [-0.3, -0.25) is 4.79 Å². The predicted octanol–water partition coefficient (Wildman–Crippen LogP) is 1.07. The molecule has 66 valence electrons. The van der Waals surface area contributed by atoms with Crippen LogP contribution >= 0.6 is 0 Å². The SMILES string of the molecule is CCCCCOC(C)C(N)=O. The molecule has 0 aromatic heterocycles. The van der Waals surface area contributed by atoms with Gasteiger partial charge in [-0.2, -0.15) is 0 Å². The Morgan fingerprint density at radius 1 is 1.55 bits per heavy atom. The number of hydrogen-bond acceptors (Lipinski definition) is 2. The van der Waals surface area contributed by atoms with E-state index in [0.717, 1.165) is 19.3 Å². The number of carbonyl (C=O) groups is 1. The minimum Gasteiger partial charge on any atom is -0.369 e. The van der Waals surface area contributed by atoms with E-state index in [-0.39, 0.29) is 5.91 Å². The Hall–Kier alpha value is -0.570. The number of rotatable bonds is 6. The third-order valence-electron chi connectivity index (χ3n) is 1.52. The van der Waals surface area contributed by atoms with E-state index in [9.17, 15) is 4.79 Å². The van der Waals surface area contributed by atoms with E-state index in [1.807, 2.05) is 0 Å². The van der Waals surface area contributed by atoms with Crippen molar-refractivity contribution in [3.05, 3.63) is 0 Å². The first-order chi connectivity index (χ1) is 5.18. The highest BCUT2D eigenvalue weighted by molar-refractivity contribution is 5.78. The maximum absolute atomic E-state index is 10.5. The van der Waals surface area contributed by atoms with Gasteiger partial charge in [-0.05, 0) is 13.3 Å². The van der Waals surface area contributed by atoms with Crippen molar-refractivity contribution in [2.75, 3.05) is 6.61 Å². The fraction of sp³-hybridized carbons (Fsp3) is 0.875. The van der Waals surface area contributed by atoms with Gasteiger partial charge in [0.2, 0.25) is 5.91 Å². The van der Waals surface area contributed by atoms with Crippen LogP contribution in [0.4, 0.5) is 0 Å². The van der Waals surface area contributed by atoms with E-state index in [4.69, 9.17) is 10.5 Å². The highest BCUT2D eigenvalue weighted by atomic mass is 16.5. The van der Waals surface area contributed by atoms with Crippen molar-refractivity contribution in [3.63, 3.8) is 0 Å². The predicted molar refractivity (Wildman–Crippen MR) is 44.1 cm³/mol. The summed E-state index contributed by atoms with van der Waals surface area (Å²) in [5.74, 6) is -0.388. The smallest absolute Gasteiger partial charge is 0.246 e. The fourth-order valence-electron chi connectivity index (χ4n) is 0.694. The molecule has 0 radical (unpaired) electrons. The number of carbonyl (C=O) groups excluding carboxylic acids is 1. The Kier molecular flexibility index (Phi) is 5.84. The van der Waals surface area contributed by atoms with Crippen LogP contribution in [0.1, 0.15) is 33.1 Å². The molecule has 1 unspecified atom stereocenters. The summed E-state index contributed by atoms with van der Waals surface area (Å²) in [6.07, 6.45) is 2.88. The van der Waals surface area contributed by atoms with Crippen LogP contribution in [0.3, 0.4) is 0 Å². The molecule has 0 heterocycles. The molecule has 3 heteroatoms. The molecule has 0 rings (SSSR count). The normalized spacial score (nSPS) is 12.9. The molecule has 0 aromatic rings. The average molecular weight is 159 g/mol. The largest absolute Gasteiger partial charge is 0.369 e. The molecule has 0 saturated heterocycles. The van der Waals surface area contributed by atoms with Gasteiger partial charge in [0.25, 0.3) is 0 Å². The topological polar surface area (TPSA) is 52.3 Å². The minimum absolute atomic E-state index is 0.388. The molecule has 0 fully saturated rings. The van der Waals surface area contributed by atoms with Crippen LogP contribution < -0.4 is 5.73 Å². The lowest BCUT2D eigenvalue weighted by atomic mass is 10.3. The Bertz CT molecular complexity index is 115. The standard InChI is InChI=1S/C8H17NO2/c1-3-4-5-6-11-7(2)8(9)10/h7H,3-6H2,1-2H3,(H2,9,10). The van der Waals surface area contributed by atoms with Crippen LogP contribution in [0.25, 0.3) is 0 Å². The molecule has 2 N–H and O–H groups in total. The summed E-state index contributed by atoms with van der Waals surface area (Å²) < 4.78 is 5.13. The summed E-state index contributed by atoms with van der Waals surface area (Å²) in [4.78, 5) is 10.5. The van der Waals surface area contributed by atoms with E-state index in [0.29, 0.717) is 6.61 Å². The number of ether oxygens (including phenoxy) is 1. The molecule has 0 bridgehead atoms. The van der Waals surface area contributed by atoms with Crippen LogP contribution in [0.5, 0.6) is 0 Å². The van der Waals surface area contributed by atoms with Crippen molar-refractivity contribution in [2.45, 2.75) is 39.2 Å². The van der Waals surface area contributed by atoms with E-state index in [2.05, 4.69) is 6.92 Å². The second-order valence-electron chi connectivity index (χ2n) is 2.62. The molecule has 1 atom stereocenters. The summed E-state index contributed by atoms with van der Waals surface area (Å²) in [6.45, 7) is 4.43. The molecular weight excluding hydrogens is 142 g/mol. The number of unbranched alkanes of at least 4 members (excludes halogenated alkanes) is 2. The maximum atomic E-state index is 10.5. The van der Waals surface area contributed by atoms with Crippen molar-refractivity contribution >= 4 is 5.91 Å². The molecule has 0 aliphatic carbocycles. The second-order valence-corrected chi connectivity index (χ2v) is 2.62. The van der Waals surface area contributed by atoms with Gasteiger partial charge in [0.1, 0.15) is 6.10 Å². The van der Waals surface area contributed by atoms with Gasteiger partial charge in [-0.25, -0.2) is 0 Å². The summed E-state index contributed by atoms with van der Waals surface area (Å²) in [5, 5.41) is 0. The lowest BCUT2D eigenvalue weighted by Gasteiger charge is -2.07. The number of primary amides is 1. The van der Waals surface area contributed by atoms with Gasteiger partial charge in [-0.15, -0.1) is 0 Å². The molecule has 3 nitrogen and oxygen atoms in total. The lowest BCUT2D eigenvalue weighted by Crippen LogP contribution is -2.28. The monoisotopic (exact) mass is 159 g/mol. The molecular formula is C8H17NO2. The summed E-state index contributed by atoms with van der Waals surface area (Å²) in [7, 11) is 0. The van der Waals surface area contributed by atoms with Crippen LogP contribution in [0.2, 0.25) is 0 Å². The first-order valence-electron chi connectivity index (χ1n) is 4.09. The first-order valence-corrected chi connectivity index (χ1v) is 4.09. The molecule has 0 aliphatic heterocycles. The zero-order valence-corrected chi connectivity index (χ0v) is 7.30. The Morgan fingerprint density at radius 2 is 2.18 bits per heavy atom. The fourth-order valence-corrected chi connectivity index (χ4v) is 0.694. The molecule has 0 saturated carbocycles. The Balaban J connectivity index is 3.17. The Morgan fingerprint density at radius 3 is 2.64 bits per heavy atom. The van der Waals surface area contributed by atoms with Gasteiger partial charge < -0.3 is 10.5 Å². The summed E-state index contributed by atoms with van der Waals surface area (Å²) in [5.41, 5.74) is 4.99. The van der Waals surface area contributed by atoms with E-state index in [1.54, 1.807) is 6.92 Å². The van der Waals surface area contributed by atoms with Crippen molar-refractivity contribution in [2.24, 2.45) is 5.73 Å². The second kappa shape index (κ2) is 6.16. The third kappa shape index (κ3) is 5.85. The van der Waals surface area contributed by atoms with E-state index in [1.165, 1.54) is 0 Å². The van der Waals surface area contributed by atoms with E-state index < -0.39 is 6.10 Å². The number of nitrogens with two attached hydrogens (primary N) is 1. The molecule has 11 heavy (non-hydrogen) atoms. The van der Waals surface area contributed by atoms with E-state index >= 15 is 0 Å². The van der Waals surface area contributed by atoms with Gasteiger partial charge in [0.05, 0.1) is 0 Å². The van der Waals surface area contributed by atoms with Gasteiger partial charge >= 0.3 is 0 Å². The van der Waals surface area contributed by atoms with Crippen LogP contribution in [0, 0.1) is 0 Å². The van der Waals surface area contributed by atoms with Crippen LogP contribution in [0.15, 0.2) is 0 Å². The molecule has 0 aliphatic rings. The number of hydrogen-bond donors (Lipinski definition) is 1. The minimum atomic E-state index is -0.438. The summed E-state index contributed by atoms with van der Waals surface area (Å²) in [6, 6.07) is 0. The highest BCUT2D eigenvalue weighted by Crippen LogP contribution is 1.96. The third-order valence-corrected chi connectivity index (χ3v) is 1.52. The zero-order chi connectivity index (χ0) is 8.69. The van der Waals surface area contributed by atoms with Crippen LogP contribution in [-0.2, 0) is 9.53 Å². The lowest BCUT2D eigenvalue weighted by molar-refractivity contribution is -0.128. The molecule has 1 amide bonds. The highest BCUT2D eigenvalue weighted by Gasteiger charge is 2.06. The quantitative estimate of drug-likeness (QED) is 0.589. The Labute approximate surface area is 67.9 Å². The summed E-state index contributed by atoms with van der Waals surface area (Å²) >= 11 is 0. The van der Waals surface area contributed by atoms with Crippen molar-refractivity contribution in [3.8, 4) is 0 Å². The van der Waals surface area contributed by atoms with Crippen molar-refractivity contribution in [1.29, 1.82) is 0 Å². The van der Waals surface area contributed by atoms with Crippen molar-refractivity contribution < 1.29 is 9.53 Å². The van der Waals surface area contributed by atoms with Gasteiger partial charge in [0.15, 0.2) is 0 Å². The molecule has 0 spiro atoms. The van der Waals surface area contributed by atoms with Gasteiger partial charge in [-0.1, -0.05) is 19.8 Å². The molecule has 0 aromatic carbocycles. The zero-order valence-electron chi connectivity index (χ0n) is 7.30. The van der Waals surface area contributed by atoms with Crippen molar-refractivity contribution in [1.82, 2.24) is 0 Å². The number of amides is 1. The van der Waals surface area contributed by atoms with Crippen LogP contribution in [-0.4, -0.2) is 18.6 Å².